The third-order valence-corrected chi connectivity index (χ3v) is 4.87. The number of halogens is 1. The van der Waals surface area contributed by atoms with Gasteiger partial charge in [-0.05, 0) is 49.3 Å². The van der Waals surface area contributed by atoms with Gasteiger partial charge in [-0.3, -0.25) is 0 Å². The molecular weight excluding hydrogens is 291 g/mol. The summed E-state index contributed by atoms with van der Waals surface area (Å²) in [4.78, 5) is 0. The van der Waals surface area contributed by atoms with Gasteiger partial charge in [-0.1, -0.05) is 20.8 Å². The van der Waals surface area contributed by atoms with Gasteiger partial charge >= 0.3 is 0 Å². The van der Waals surface area contributed by atoms with Gasteiger partial charge in [0.25, 0.3) is 0 Å². The van der Waals surface area contributed by atoms with E-state index in [9.17, 15) is 0 Å². The Morgan fingerprint density at radius 3 is 1.50 bits per heavy atom. The van der Waals surface area contributed by atoms with E-state index < -0.39 is 3.79 Å². The van der Waals surface area contributed by atoms with Crippen molar-refractivity contribution in [3.63, 3.8) is 0 Å². The summed E-state index contributed by atoms with van der Waals surface area (Å²) < 4.78 is 11.1. The lowest BCUT2D eigenvalue weighted by Crippen LogP contribution is -2.45. The van der Waals surface area contributed by atoms with Crippen LogP contribution in [0.15, 0.2) is 0 Å². The van der Waals surface area contributed by atoms with Crippen LogP contribution >= 0.6 is 22.6 Å². The van der Waals surface area contributed by atoms with Crippen LogP contribution in [-0.2, 0) is 9.47 Å². The highest BCUT2D eigenvalue weighted by atomic mass is 127. The van der Waals surface area contributed by atoms with E-state index in [1.54, 1.807) is 0 Å². The fourth-order valence-corrected chi connectivity index (χ4v) is 2.82. The summed E-state index contributed by atoms with van der Waals surface area (Å²) in [5, 5.41) is 0. The smallest absolute Gasteiger partial charge is 0.226 e. The SMILES string of the molecule is CCOC(I)(OCC)C(C)(CC)CC. The maximum absolute atomic E-state index is 5.78. The van der Waals surface area contributed by atoms with Gasteiger partial charge in [0, 0.05) is 18.6 Å². The second kappa shape index (κ2) is 6.28. The molecule has 0 rings (SSSR count). The van der Waals surface area contributed by atoms with E-state index in [0.717, 1.165) is 12.8 Å². The number of ether oxygens (including phenoxy) is 2. The molecule has 0 unspecified atom stereocenters. The Hall–Kier alpha value is 0.650. The molecule has 0 radical (unpaired) electrons. The van der Waals surface area contributed by atoms with Gasteiger partial charge in [-0.25, -0.2) is 0 Å². The van der Waals surface area contributed by atoms with E-state index in [4.69, 9.17) is 9.47 Å². The van der Waals surface area contributed by atoms with Crippen molar-refractivity contribution in [2.45, 2.75) is 51.3 Å². The first kappa shape index (κ1) is 14.6. The Morgan fingerprint density at radius 1 is 0.929 bits per heavy atom. The van der Waals surface area contributed by atoms with E-state index in [1.807, 2.05) is 13.8 Å². The lowest BCUT2D eigenvalue weighted by molar-refractivity contribution is -0.216. The molecule has 0 aromatic heterocycles. The minimum Gasteiger partial charge on any atom is -0.342 e. The number of hydrogen-bond donors (Lipinski definition) is 0. The van der Waals surface area contributed by atoms with Crippen LogP contribution in [-0.4, -0.2) is 17.0 Å². The van der Waals surface area contributed by atoms with Crippen molar-refractivity contribution in [3.05, 3.63) is 0 Å². The third-order valence-electron chi connectivity index (χ3n) is 2.94. The summed E-state index contributed by atoms with van der Waals surface area (Å²) in [6.07, 6.45) is 2.12. The van der Waals surface area contributed by atoms with Crippen LogP contribution in [0.2, 0.25) is 0 Å². The van der Waals surface area contributed by atoms with E-state index in [0.29, 0.717) is 13.2 Å². The molecule has 14 heavy (non-hydrogen) atoms. The van der Waals surface area contributed by atoms with Crippen molar-refractivity contribution in [1.82, 2.24) is 0 Å². The molecule has 0 bridgehead atoms. The van der Waals surface area contributed by atoms with Gasteiger partial charge in [0.15, 0.2) is 0 Å². The van der Waals surface area contributed by atoms with E-state index in [2.05, 4.69) is 43.4 Å². The van der Waals surface area contributed by atoms with Gasteiger partial charge < -0.3 is 9.47 Å². The molecule has 0 aliphatic heterocycles. The maximum Gasteiger partial charge on any atom is 0.226 e. The lowest BCUT2D eigenvalue weighted by atomic mass is 9.84. The molecule has 0 N–H and O–H groups in total. The quantitative estimate of drug-likeness (QED) is 0.402. The molecule has 0 spiro atoms. The van der Waals surface area contributed by atoms with Crippen molar-refractivity contribution >= 4 is 22.6 Å². The molecule has 0 heterocycles. The molecule has 0 aliphatic rings. The number of alkyl halides is 1. The second-order valence-electron chi connectivity index (χ2n) is 3.67. The summed E-state index contributed by atoms with van der Waals surface area (Å²) in [5.41, 5.74) is 0.0829. The Morgan fingerprint density at radius 2 is 1.29 bits per heavy atom. The van der Waals surface area contributed by atoms with Crippen LogP contribution in [0.1, 0.15) is 47.5 Å². The average Bonchev–Trinajstić information content (AvgIpc) is 2.17. The minimum atomic E-state index is -0.474. The summed E-state index contributed by atoms with van der Waals surface area (Å²) in [6.45, 7) is 12.0. The van der Waals surface area contributed by atoms with Crippen LogP contribution in [0.3, 0.4) is 0 Å². The highest BCUT2D eigenvalue weighted by Gasteiger charge is 2.45. The van der Waals surface area contributed by atoms with Gasteiger partial charge in [0.05, 0.1) is 0 Å². The van der Waals surface area contributed by atoms with Gasteiger partial charge in [-0.2, -0.15) is 0 Å². The first-order valence-electron chi connectivity index (χ1n) is 5.46. The fourth-order valence-electron chi connectivity index (χ4n) is 1.43. The van der Waals surface area contributed by atoms with Crippen molar-refractivity contribution in [2.75, 3.05) is 13.2 Å². The van der Waals surface area contributed by atoms with Gasteiger partial charge in [-0.15, -0.1) is 0 Å². The van der Waals surface area contributed by atoms with E-state index >= 15 is 0 Å². The third kappa shape index (κ3) is 3.07. The van der Waals surface area contributed by atoms with Crippen molar-refractivity contribution in [3.8, 4) is 0 Å². The molecule has 3 heteroatoms. The van der Waals surface area contributed by atoms with Crippen molar-refractivity contribution in [2.24, 2.45) is 5.41 Å². The zero-order valence-corrected chi connectivity index (χ0v) is 12.2. The zero-order chi connectivity index (χ0) is 11.2. The van der Waals surface area contributed by atoms with Crippen LogP contribution in [0.5, 0.6) is 0 Å². The Labute approximate surface area is 102 Å². The van der Waals surface area contributed by atoms with Crippen molar-refractivity contribution < 1.29 is 9.47 Å². The molecular formula is C11H23IO2. The van der Waals surface area contributed by atoms with Crippen molar-refractivity contribution in [1.29, 1.82) is 0 Å². The van der Waals surface area contributed by atoms with Gasteiger partial charge in [0.2, 0.25) is 3.79 Å². The van der Waals surface area contributed by atoms with Crippen LogP contribution in [0, 0.1) is 5.41 Å². The molecule has 2 nitrogen and oxygen atoms in total. The van der Waals surface area contributed by atoms with Crippen LogP contribution in [0.25, 0.3) is 0 Å². The molecule has 86 valence electrons. The first-order valence-corrected chi connectivity index (χ1v) is 6.54. The standard InChI is InChI=1S/C11H23IO2/c1-6-10(5,7-2)11(12,13-8-3)14-9-4/h6-9H2,1-5H3. The molecule has 0 aliphatic carbocycles. The molecule has 0 saturated heterocycles. The Balaban J connectivity index is 4.75. The molecule has 0 atom stereocenters. The Kier molecular flexibility index (Phi) is 6.57. The van der Waals surface area contributed by atoms with Crippen LogP contribution < -0.4 is 0 Å². The predicted octanol–water partition coefficient (Wildman–Crippen LogP) is 3.97. The number of hydrogen-bond acceptors (Lipinski definition) is 2. The first-order chi connectivity index (χ1) is 6.49. The summed E-state index contributed by atoms with van der Waals surface area (Å²) >= 11 is 2.31. The summed E-state index contributed by atoms with van der Waals surface area (Å²) in [5.74, 6) is 0. The minimum absolute atomic E-state index is 0.0829. The van der Waals surface area contributed by atoms with Gasteiger partial charge in [0.1, 0.15) is 0 Å². The second-order valence-corrected chi connectivity index (χ2v) is 5.09. The molecule has 0 aromatic carbocycles. The molecule has 0 fully saturated rings. The summed E-state index contributed by atoms with van der Waals surface area (Å²) in [7, 11) is 0. The molecule has 0 aromatic rings. The molecule has 0 saturated carbocycles. The average molecular weight is 314 g/mol. The van der Waals surface area contributed by atoms with E-state index in [-0.39, 0.29) is 5.41 Å². The fraction of sp³-hybridized carbons (Fsp3) is 1.00. The van der Waals surface area contributed by atoms with Crippen LogP contribution in [0.4, 0.5) is 0 Å². The highest BCUT2D eigenvalue weighted by molar-refractivity contribution is 14.1. The largest absolute Gasteiger partial charge is 0.342 e. The topological polar surface area (TPSA) is 18.5 Å². The Bertz CT molecular complexity index is 149. The highest BCUT2D eigenvalue weighted by Crippen LogP contribution is 2.46. The number of rotatable bonds is 7. The maximum atomic E-state index is 5.78. The monoisotopic (exact) mass is 314 g/mol. The van der Waals surface area contributed by atoms with E-state index in [1.165, 1.54) is 0 Å². The molecule has 0 amide bonds. The predicted molar refractivity (Wildman–Crippen MR) is 68.7 cm³/mol. The zero-order valence-electron chi connectivity index (χ0n) is 10.0. The normalized spacial score (nSPS) is 13.3. The lowest BCUT2D eigenvalue weighted by Gasteiger charge is -2.42. The summed E-state index contributed by atoms with van der Waals surface area (Å²) in [6, 6.07) is 0.